The number of halogens is 1. The van der Waals surface area contributed by atoms with Crippen LogP contribution in [0.25, 0.3) is 0 Å². The fourth-order valence-corrected chi connectivity index (χ4v) is 2.88. The van der Waals surface area contributed by atoms with Gasteiger partial charge < -0.3 is 15.3 Å². The Kier molecular flexibility index (Phi) is 4.55. The average Bonchev–Trinajstić information content (AvgIpc) is 2.38. The Labute approximate surface area is 124 Å². The van der Waals surface area contributed by atoms with E-state index in [9.17, 15) is 9.90 Å². The van der Waals surface area contributed by atoms with E-state index in [2.05, 4.69) is 5.32 Å². The lowest BCUT2D eigenvalue weighted by molar-refractivity contribution is 0.0243. The summed E-state index contributed by atoms with van der Waals surface area (Å²) in [5, 5.41) is 12.8. The van der Waals surface area contributed by atoms with Gasteiger partial charge in [-0.05, 0) is 31.4 Å². The summed E-state index contributed by atoms with van der Waals surface area (Å²) >= 11 is 6.10. The molecule has 20 heavy (non-hydrogen) atoms. The zero-order valence-electron chi connectivity index (χ0n) is 11.9. The summed E-state index contributed by atoms with van der Waals surface area (Å²) in [6.07, 6.45) is 3.08. The molecule has 0 radical (unpaired) electrons. The molecule has 0 saturated heterocycles. The predicted molar refractivity (Wildman–Crippen MR) is 81.2 cm³/mol. The van der Waals surface area contributed by atoms with Gasteiger partial charge in [-0.25, -0.2) is 4.79 Å². The zero-order chi connectivity index (χ0) is 14.8. The van der Waals surface area contributed by atoms with Gasteiger partial charge in [0, 0.05) is 19.0 Å². The third kappa shape index (κ3) is 3.07. The highest BCUT2D eigenvalue weighted by Gasteiger charge is 2.38. The Morgan fingerprint density at radius 3 is 2.70 bits per heavy atom. The van der Waals surface area contributed by atoms with Gasteiger partial charge in [-0.3, -0.25) is 0 Å². The van der Waals surface area contributed by atoms with Crippen LogP contribution in [-0.2, 0) is 0 Å². The van der Waals surface area contributed by atoms with Crippen molar-refractivity contribution in [3.8, 4) is 0 Å². The highest BCUT2D eigenvalue weighted by molar-refractivity contribution is 6.33. The van der Waals surface area contributed by atoms with Crippen LogP contribution in [0.3, 0.4) is 0 Å². The first-order chi connectivity index (χ1) is 9.47. The van der Waals surface area contributed by atoms with Crippen LogP contribution in [0.2, 0.25) is 5.02 Å². The van der Waals surface area contributed by atoms with Gasteiger partial charge in [-0.15, -0.1) is 0 Å². The molecular formula is C15H21ClN2O2. The van der Waals surface area contributed by atoms with E-state index < -0.39 is 0 Å². The Bertz CT molecular complexity index is 475. The fraction of sp³-hybridized carbons (Fsp3) is 0.533. The molecule has 0 spiro atoms. The highest BCUT2D eigenvalue weighted by atomic mass is 35.5. The molecule has 0 bridgehead atoms. The van der Waals surface area contributed by atoms with Gasteiger partial charge in [0.25, 0.3) is 0 Å². The SMILES string of the molecule is Cc1cccc(Cl)c1NC(=O)N(C)CC1(CO)CCC1. The number of nitrogens with one attached hydrogen (secondary N) is 1. The molecule has 2 rings (SSSR count). The zero-order valence-corrected chi connectivity index (χ0v) is 12.7. The molecular weight excluding hydrogens is 276 g/mol. The molecule has 1 aromatic carbocycles. The Balaban J connectivity index is 2.01. The van der Waals surface area contributed by atoms with E-state index in [-0.39, 0.29) is 18.1 Å². The summed E-state index contributed by atoms with van der Waals surface area (Å²) in [6, 6.07) is 5.32. The van der Waals surface area contributed by atoms with Crippen LogP contribution in [0.1, 0.15) is 24.8 Å². The molecule has 2 N–H and O–H groups in total. The van der Waals surface area contributed by atoms with E-state index >= 15 is 0 Å². The maximum Gasteiger partial charge on any atom is 0.321 e. The Morgan fingerprint density at radius 2 is 2.20 bits per heavy atom. The van der Waals surface area contributed by atoms with Gasteiger partial charge in [0.15, 0.2) is 0 Å². The van der Waals surface area contributed by atoms with E-state index in [0.717, 1.165) is 24.8 Å². The van der Waals surface area contributed by atoms with E-state index in [1.165, 1.54) is 0 Å². The molecule has 1 saturated carbocycles. The van der Waals surface area contributed by atoms with Crippen LogP contribution in [0.4, 0.5) is 10.5 Å². The van der Waals surface area contributed by atoms with Crippen LogP contribution < -0.4 is 5.32 Å². The normalized spacial score (nSPS) is 16.4. The van der Waals surface area contributed by atoms with Crippen molar-refractivity contribution in [3.05, 3.63) is 28.8 Å². The summed E-state index contributed by atoms with van der Waals surface area (Å²) < 4.78 is 0. The Hall–Kier alpha value is -1.26. The maximum atomic E-state index is 12.2. The van der Waals surface area contributed by atoms with Gasteiger partial charge in [0.1, 0.15) is 0 Å². The van der Waals surface area contributed by atoms with E-state index in [1.807, 2.05) is 19.1 Å². The second-order valence-electron chi connectivity index (χ2n) is 5.73. The molecule has 5 heteroatoms. The van der Waals surface area contributed by atoms with Crippen LogP contribution in [0.15, 0.2) is 18.2 Å². The molecule has 2 amide bonds. The summed E-state index contributed by atoms with van der Waals surface area (Å²) in [7, 11) is 1.75. The number of carbonyl (C=O) groups excluding carboxylic acids is 1. The molecule has 0 aromatic heterocycles. The van der Waals surface area contributed by atoms with Crippen LogP contribution in [-0.4, -0.2) is 36.2 Å². The van der Waals surface area contributed by atoms with Crippen molar-refractivity contribution in [1.82, 2.24) is 4.90 Å². The molecule has 0 heterocycles. The third-order valence-corrected chi connectivity index (χ3v) is 4.44. The lowest BCUT2D eigenvalue weighted by Gasteiger charge is -2.42. The number of anilines is 1. The number of aryl methyl sites for hydroxylation is 1. The van der Waals surface area contributed by atoms with Crippen molar-refractivity contribution in [2.45, 2.75) is 26.2 Å². The molecule has 4 nitrogen and oxygen atoms in total. The molecule has 0 unspecified atom stereocenters. The lowest BCUT2D eigenvalue weighted by atomic mass is 9.69. The second-order valence-corrected chi connectivity index (χ2v) is 6.14. The smallest absolute Gasteiger partial charge is 0.321 e. The van der Waals surface area contributed by atoms with Gasteiger partial charge in [0.2, 0.25) is 0 Å². The first-order valence-corrected chi connectivity index (χ1v) is 7.23. The first-order valence-electron chi connectivity index (χ1n) is 6.85. The summed E-state index contributed by atoms with van der Waals surface area (Å²) in [6.45, 7) is 2.61. The quantitative estimate of drug-likeness (QED) is 0.896. The van der Waals surface area contributed by atoms with Gasteiger partial charge in [0.05, 0.1) is 17.3 Å². The van der Waals surface area contributed by atoms with Crippen LogP contribution >= 0.6 is 11.6 Å². The molecule has 0 aliphatic heterocycles. The van der Waals surface area contributed by atoms with Crippen LogP contribution in [0.5, 0.6) is 0 Å². The number of rotatable bonds is 4. The molecule has 1 fully saturated rings. The van der Waals surface area contributed by atoms with Gasteiger partial charge in [-0.1, -0.05) is 30.2 Å². The lowest BCUT2D eigenvalue weighted by Crippen LogP contribution is -2.46. The monoisotopic (exact) mass is 296 g/mol. The third-order valence-electron chi connectivity index (χ3n) is 4.12. The Morgan fingerprint density at radius 1 is 1.50 bits per heavy atom. The maximum absolute atomic E-state index is 12.2. The molecule has 1 aromatic rings. The predicted octanol–water partition coefficient (Wildman–Crippen LogP) is 3.27. The number of nitrogens with zero attached hydrogens (tertiary/aromatic N) is 1. The summed E-state index contributed by atoms with van der Waals surface area (Å²) in [5.41, 5.74) is 1.47. The topological polar surface area (TPSA) is 52.6 Å². The van der Waals surface area contributed by atoms with Crippen molar-refractivity contribution in [2.75, 3.05) is 25.5 Å². The molecule has 1 aliphatic carbocycles. The number of para-hydroxylation sites is 1. The van der Waals surface area contributed by atoms with Crippen LogP contribution in [0, 0.1) is 12.3 Å². The fourth-order valence-electron chi connectivity index (χ4n) is 2.61. The first kappa shape index (κ1) is 15.1. The van der Waals surface area contributed by atoms with Gasteiger partial charge in [-0.2, -0.15) is 0 Å². The average molecular weight is 297 g/mol. The number of benzene rings is 1. The van der Waals surface area contributed by atoms with E-state index in [1.54, 1.807) is 18.0 Å². The minimum absolute atomic E-state index is 0.110. The number of carbonyl (C=O) groups is 1. The number of urea groups is 1. The number of aliphatic hydroxyl groups is 1. The largest absolute Gasteiger partial charge is 0.396 e. The molecule has 110 valence electrons. The highest BCUT2D eigenvalue weighted by Crippen LogP contribution is 2.40. The summed E-state index contributed by atoms with van der Waals surface area (Å²) in [4.78, 5) is 13.8. The minimum atomic E-state index is -0.194. The van der Waals surface area contributed by atoms with E-state index in [0.29, 0.717) is 17.3 Å². The van der Waals surface area contributed by atoms with E-state index in [4.69, 9.17) is 11.6 Å². The van der Waals surface area contributed by atoms with Crippen molar-refractivity contribution in [3.63, 3.8) is 0 Å². The molecule has 0 atom stereocenters. The van der Waals surface area contributed by atoms with Gasteiger partial charge >= 0.3 is 6.03 Å². The number of hydrogen-bond acceptors (Lipinski definition) is 2. The number of amides is 2. The van der Waals surface area contributed by atoms with Crippen molar-refractivity contribution < 1.29 is 9.90 Å². The van der Waals surface area contributed by atoms with Crippen molar-refractivity contribution in [1.29, 1.82) is 0 Å². The minimum Gasteiger partial charge on any atom is -0.396 e. The molecule has 1 aliphatic rings. The standard InChI is InChI=1S/C15H21ClN2O2/c1-11-5-3-6-12(16)13(11)17-14(20)18(2)9-15(10-19)7-4-8-15/h3,5-6,19H,4,7-10H2,1-2H3,(H,17,20). The van der Waals surface area contributed by atoms with Crippen molar-refractivity contribution in [2.24, 2.45) is 5.41 Å². The number of hydrogen-bond donors (Lipinski definition) is 2. The second kappa shape index (κ2) is 6.02. The van der Waals surface area contributed by atoms with Crippen molar-refractivity contribution >= 4 is 23.3 Å². The number of aliphatic hydroxyl groups excluding tert-OH is 1. The summed E-state index contributed by atoms with van der Waals surface area (Å²) in [5.74, 6) is 0.